The van der Waals surface area contributed by atoms with Gasteiger partial charge in [0.15, 0.2) is 0 Å². The first-order valence-electron chi connectivity index (χ1n) is 5.45. The number of carbonyl (C=O) groups excluding carboxylic acids is 1. The highest BCUT2D eigenvalue weighted by atomic mass is 79.9. The lowest BCUT2D eigenvalue weighted by molar-refractivity contribution is 0.103. The minimum atomic E-state index is -0.0787. The third-order valence-corrected chi connectivity index (χ3v) is 4.95. The molecule has 0 bridgehead atoms. The van der Waals surface area contributed by atoms with Crippen LogP contribution in [0.1, 0.15) is 40.8 Å². The Bertz CT molecular complexity index is 584. The van der Waals surface area contributed by atoms with Crippen molar-refractivity contribution in [1.29, 1.82) is 0 Å². The summed E-state index contributed by atoms with van der Waals surface area (Å²) in [6.45, 7) is 5.89. The Morgan fingerprint density at radius 1 is 1.56 bits per heavy atom. The highest BCUT2D eigenvalue weighted by molar-refractivity contribution is 9.11. The summed E-state index contributed by atoms with van der Waals surface area (Å²) >= 11 is 10.9. The minimum absolute atomic E-state index is 0.0787. The molecule has 0 aliphatic rings. The van der Waals surface area contributed by atoms with Gasteiger partial charge in [0.2, 0.25) is 5.78 Å². The standard InChI is InChI=1S/C12H12BrClN2OS/c1-6(2)16-10(8(14)5-15-16)11(17)9-4-7(3)12(13)18-9/h4-6H,1-3H3. The first-order chi connectivity index (χ1) is 8.41. The van der Waals surface area contributed by atoms with Gasteiger partial charge in [-0.05, 0) is 48.3 Å². The van der Waals surface area contributed by atoms with Crippen molar-refractivity contribution in [2.24, 2.45) is 0 Å². The molecule has 0 aromatic carbocycles. The van der Waals surface area contributed by atoms with Gasteiger partial charge in [-0.25, -0.2) is 0 Å². The van der Waals surface area contributed by atoms with E-state index >= 15 is 0 Å². The molecule has 2 aromatic rings. The number of hydrogen-bond acceptors (Lipinski definition) is 3. The lowest BCUT2D eigenvalue weighted by Gasteiger charge is -2.09. The summed E-state index contributed by atoms with van der Waals surface area (Å²) in [5.41, 5.74) is 1.51. The molecule has 0 aliphatic carbocycles. The van der Waals surface area contributed by atoms with Gasteiger partial charge in [-0.2, -0.15) is 5.10 Å². The molecule has 0 atom stereocenters. The van der Waals surface area contributed by atoms with Crippen molar-refractivity contribution >= 4 is 44.7 Å². The number of nitrogens with zero attached hydrogens (tertiary/aromatic N) is 2. The van der Waals surface area contributed by atoms with E-state index in [1.165, 1.54) is 17.5 Å². The van der Waals surface area contributed by atoms with Gasteiger partial charge in [0.1, 0.15) is 5.69 Å². The van der Waals surface area contributed by atoms with Crippen LogP contribution in [0.25, 0.3) is 0 Å². The quantitative estimate of drug-likeness (QED) is 0.767. The Labute approximate surface area is 123 Å². The molecule has 6 heteroatoms. The molecule has 0 amide bonds. The van der Waals surface area contributed by atoms with Gasteiger partial charge in [-0.15, -0.1) is 11.3 Å². The SMILES string of the molecule is Cc1cc(C(=O)c2c(Cl)cnn2C(C)C)sc1Br. The Hall–Kier alpha value is -0.650. The number of halogens is 2. The Morgan fingerprint density at radius 3 is 2.72 bits per heavy atom. The van der Waals surface area contributed by atoms with Crippen LogP contribution in [0.2, 0.25) is 5.02 Å². The second-order valence-corrected chi connectivity index (χ2v) is 7.05. The molecular weight excluding hydrogens is 336 g/mol. The molecule has 0 fully saturated rings. The molecule has 0 saturated carbocycles. The van der Waals surface area contributed by atoms with E-state index in [1.807, 2.05) is 26.8 Å². The van der Waals surface area contributed by atoms with Crippen LogP contribution in [-0.4, -0.2) is 15.6 Å². The molecule has 2 aromatic heterocycles. The second kappa shape index (κ2) is 5.15. The maximum Gasteiger partial charge on any atom is 0.222 e. The van der Waals surface area contributed by atoms with Crippen molar-refractivity contribution < 1.29 is 4.79 Å². The molecule has 0 radical (unpaired) electrons. The first-order valence-corrected chi connectivity index (χ1v) is 7.44. The summed E-state index contributed by atoms with van der Waals surface area (Å²) in [6, 6.07) is 1.96. The summed E-state index contributed by atoms with van der Waals surface area (Å²) in [4.78, 5) is 13.1. The lowest BCUT2D eigenvalue weighted by Crippen LogP contribution is -2.13. The van der Waals surface area contributed by atoms with Crippen molar-refractivity contribution in [2.75, 3.05) is 0 Å². The number of aromatic nitrogens is 2. The van der Waals surface area contributed by atoms with Crippen LogP contribution in [-0.2, 0) is 0 Å². The monoisotopic (exact) mass is 346 g/mol. The molecule has 2 heterocycles. The van der Waals surface area contributed by atoms with Gasteiger partial charge in [0.05, 0.1) is 19.9 Å². The highest BCUT2D eigenvalue weighted by Crippen LogP contribution is 2.31. The average molecular weight is 348 g/mol. The van der Waals surface area contributed by atoms with Crippen LogP contribution in [0.15, 0.2) is 16.0 Å². The molecule has 3 nitrogen and oxygen atoms in total. The fourth-order valence-electron chi connectivity index (χ4n) is 1.63. The molecule has 0 N–H and O–H groups in total. The van der Waals surface area contributed by atoms with E-state index in [0.717, 1.165) is 9.35 Å². The smallest absolute Gasteiger partial charge is 0.222 e. The van der Waals surface area contributed by atoms with Crippen LogP contribution in [0.4, 0.5) is 0 Å². The summed E-state index contributed by atoms with van der Waals surface area (Å²) < 4.78 is 2.63. The summed E-state index contributed by atoms with van der Waals surface area (Å²) in [6.07, 6.45) is 1.52. The summed E-state index contributed by atoms with van der Waals surface area (Å²) in [5.74, 6) is -0.0787. The van der Waals surface area contributed by atoms with Crippen LogP contribution < -0.4 is 0 Å². The van der Waals surface area contributed by atoms with Gasteiger partial charge >= 0.3 is 0 Å². The summed E-state index contributed by atoms with van der Waals surface area (Å²) in [5, 5.41) is 4.55. The maximum absolute atomic E-state index is 12.5. The number of hydrogen-bond donors (Lipinski definition) is 0. The predicted octanol–water partition coefficient (Wildman–Crippen LogP) is 4.48. The molecule has 0 spiro atoms. The van der Waals surface area contributed by atoms with Crippen molar-refractivity contribution in [1.82, 2.24) is 9.78 Å². The highest BCUT2D eigenvalue weighted by Gasteiger charge is 2.22. The molecule has 0 unspecified atom stereocenters. The third kappa shape index (κ3) is 2.39. The summed E-state index contributed by atoms with van der Waals surface area (Å²) in [7, 11) is 0. The minimum Gasteiger partial charge on any atom is -0.286 e. The molecule has 96 valence electrons. The topological polar surface area (TPSA) is 34.9 Å². The van der Waals surface area contributed by atoms with Crippen molar-refractivity contribution in [3.63, 3.8) is 0 Å². The third-order valence-electron chi connectivity index (χ3n) is 2.54. The van der Waals surface area contributed by atoms with E-state index in [2.05, 4.69) is 21.0 Å². The van der Waals surface area contributed by atoms with Crippen molar-refractivity contribution in [3.8, 4) is 0 Å². The fourth-order valence-corrected chi connectivity index (χ4v) is 3.33. The van der Waals surface area contributed by atoms with Crippen LogP contribution >= 0.6 is 38.9 Å². The second-order valence-electron chi connectivity index (χ2n) is 4.28. The van der Waals surface area contributed by atoms with E-state index in [1.54, 1.807) is 4.68 Å². The van der Waals surface area contributed by atoms with Gasteiger partial charge in [-0.3, -0.25) is 9.48 Å². The number of aryl methyl sites for hydroxylation is 1. The zero-order valence-electron chi connectivity index (χ0n) is 10.2. The zero-order valence-corrected chi connectivity index (χ0v) is 13.4. The molecular formula is C12H12BrClN2OS. The van der Waals surface area contributed by atoms with Crippen LogP contribution in [0.3, 0.4) is 0 Å². The van der Waals surface area contributed by atoms with E-state index in [0.29, 0.717) is 15.6 Å². The molecule has 2 rings (SSSR count). The zero-order chi connectivity index (χ0) is 13.4. The Kier molecular flexibility index (Phi) is 3.94. The molecule has 0 saturated heterocycles. The Balaban J connectivity index is 2.49. The number of ketones is 1. The largest absolute Gasteiger partial charge is 0.286 e. The van der Waals surface area contributed by atoms with Crippen molar-refractivity contribution in [2.45, 2.75) is 26.8 Å². The first kappa shape index (κ1) is 13.8. The average Bonchev–Trinajstić information content (AvgIpc) is 2.83. The van der Waals surface area contributed by atoms with Gasteiger partial charge < -0.3 is 0 Å². The Morgan fingerprint density at radius 2 is 2.22 bits per heavy atom. The number of thiophene rings is 1. The molecule has 0 aliphatic heterocycles. The van der Waals surface area contributed by atoms with Gasteiger partial charge in [-0.1, -0.05) is 11.6 Å². The maximum atomic E-state index is 12.5. The normalized spacial score (nSPS) is 11.2. The predicted molar refractivity (Wildman–Crippen MR) is 77.8 cm³/mol. The van der Waals surface area contributed by atoms with E-state index in [4.69, 9.17) is 11.6 Å². The van der Waals surface area contributed by atoms with E-state index in [-0.39, 0.29) is 11.8 Å². The number of carbonyl (C=O) groups is 1. The van der Waals surface area contributed by atoms with E-state index in [9.17, 15) is 4.79 Å². The van der Waals surface area contributed by atoms with Crippen LogP contribution in [0.5, 0.6) is 0 Å². The fraction of sp³-hybridized carbons (Fsp3) is 0.333. The van der Waals surface area contributed by atoms with Gasteiger partial charge in [0, 0.05) is 6.04 Å². The van der Waals surface area contributed by atoms with Crippen LogP contribution in [0, 0.1) is 6.92 Å². The molecule has 18 heavy (non-hydrogen) atoms. The lowest BCUT2D eigenvalue weighted by atomic mass is 10.2. The van der Waals surface area contributed by atoms with Crippen molar-refractivity contribution in [3.05, 3.63) is 37.2 Å². The number of rotatable bonds is 3. The van der Waals surface area contributed by atoms with E-state index < -0.39 is 0 Å². The van der Waals surface area contributed by atoms with Gasteiger partial charge in [0.25, 0.3) is 0 Å².